The highest BCUT2D eigenvalue weighted by Gasteiger charge is 2.27. The van der Waals surface area contributed by atoms with E-state index in [1.54, 1.807) is 25.1 Å². The Labute approximate surface area is 363 Å². The van der Waals surface area contributed by atoms with Gasteiger partial charge in [0.25, 0.3) is 0 Å². The number of ether oxygens (including phenoxy) is 2. The molecule has 0 radical (unpaired) electrons. The van der Waals surface area contributed by atoms with Crippen LogP contribution in [0, 0.1) is 11.7 Å². The van der Waals surface area contributed by atoms with Gasteiger partial charge in [-0.2, -0.15) is 0 Å². The van der Waals surface area contributed by atoms with Gasteiger partial charge in [-0.15, -0.1) is 5.10 Å². The molecule has 2 aromatic heterocycles. The topological polar surface area (TPSA) is 238 Å². The molecule has 6 rings (SSSR count). The van der Waals surface area contributed by atoms with E-state index in [1.165, 1.54) is 6.20 Å². The molecule has 63 heavy (non-hydrogen) atoms. The smallest absolute Gasteiger partial charge is 0.410 e. The van der Waals surface area contributed by atoms with Crippen LogP contribution in [0.2, 0.25) is 0 Å². The number of carboxylic acids is 1. The van der Waals surface area contributed by atoms with E-state index in [0.29, 0.717) is 56.8 Å². The number of halogens is 1. The Hall–Kier alpha value is -7.18. The number of nitrogens with one attached hydrogen (secondary N) is 2. The zero-order valence-corrected chi connectivity index (χ0v) is 35.6. The molecule has 0 saturated carbocycles. The highest BCUT2D eigenvalue weighted by molar-refractivity contribution is 5.93. The first kappa shape index (κ1) is 45.3. The Balaban J connectivity index is 1.01. The van der Waals surface area contributed by atoms with Crippen LogP contribution in [0.15, 0.2) is 88.9 Å². The largest absolute Gasteiger partial charge is 0.477 e. The highest BCUT2D eigenvalue weighted by atomic mass is 19.1. The molecule has 1 unspecified atom stereocenters. The number of aryl methyl sites for hydroxylation is 1. The summed E-state index contributed by atoms with van der Waals surface area (Å²) in [6.07, 6.45) is 3.41. The van der Waals surface area contributed by atoms with E-state index in [-0.39, 0.29) is 55.3 Å². The number of aromatic carboxylic acids is 1. The lowest BCUT2D eigenvalue weighted by Gasteiger charge is -2.35. The van der Waals surface area contributed by atoms with Crippen molar-refractivity contribution in [3.8, 4) is 0 Å². The second-order valence-corrected chi connectivity index (χ2v) is 15.5. The number of alkyl carbamates (subject to hydrolysis) is 1. The molecule has 0 spiro atoms. The number of nitrogens with two attached hydrogens (primary N) is 2. The quantitative estimate of drug-likeness (QED) is 0.0431. The standard InChI is InChI=1S/C44H54FN11O7/c1-4-53-24-34(41(58)59)40(57)33-21-35(45)38(22-37(33)53)54-17-19-55(20-18-54)44(61)63-27-30-12-14-31(15-13-30)49-23-32(11-8-16-48-42(46)47)56-25-36(51-52-56)39(28(2)3)50-43(60)62-26-29-9-6-5-7-10-29/h5-7,9-10,12-15,21-22,24-25,28,32,39,49H,4,8,11,16-20,23,26-27H2,1-3H3,(H,50,60)(H,58,59)(H4,46,47,48)/t32?,39-/m0/s1. The number of hydrogen-bond donors (Lipinski definition) is 5. The van der Waals surface area contributed by atoms with Gasteiger partial charge in [0.15, 0.2) is 5.96 Å². The molecular formula is C44H54FN11O7. The molecule has 19 heteroatoms. The van der Waals surface area contributed by atoms with Crippen LogP contribution in [0.3, 0.4) is 0 Å². The normalized spacial score (nSPS) is 13.7. The molecule has 5 aromatic rings. The molecule has 0 bridgehead atoms. The summed E-state index contributed by atoms with van der Waals surface area (Å²) >= 11 is 0. The van der Waals surface area contributed by atoms with Crippen LogP contribution in [0.4, 0.5) is 25.4 Å². The van der Waals surface area contributed by atoms with Crippen molar-refractivity contribution in [2.45, 2.75) is 65.5 Å². The minimum Gasteiger partial charge on any atom is -0.477 e. The number of fused-ring (bicyclic) bond motifs is 1. The molecule has 0 aliphatic carbocycles. The van der Waals surface area contributed by atoms with E-state index in [9.17, 15) is 24.3 Å². The molecule has 2 amide bonds. The monoisotopic (exact) mass is 867 g/mol. The minimum absolute atomic E-state index is 0.00281. The third kappa shape index (κ3) is 11.8. The fraction of sp³-hybridized carbons (Fsp3) is 0.386. The maximum atomic E-state index is 15.4. The molecular weight excluding hydrogens is 814 g/mol. The SMILES string of the molecule is CCn1cc(C(=O)O)c(=O)c2cc(F)c(N3CCN(C(=O)OCc4ccc(NCC(CCCN=C(N)N)n5cc([C@@H](NC(=O)OCc6ccccc6)C(C)C)nn5)cc4)CC3)cc21. The lowest BCUT2D eigenvalue weighted by atomic mass is 10.0. The maximum absolute atomic E-state index is 15.4. The van der Waals surface area contributed by atoms with Crippen molar-refractivity contribution in [3.05, 3.63) is 118 Å². The molecule has 334 valence electrons. The Morgan fingerprint density at radius 1 is 0.952 bits per heavy atom. The van der Waals surface area contributed by atoms with Gasteiger partial charge in [0.2, 0.25) is 5.43 Å². The first-order valence-electron chi connectivity index (χ1n) is 20.8. The summed E-state index contributed by atoms with van der Waals surface area (Å²) in [6, 6.07) is 19.0. The fourth-order valence-electron chi connectivity index (χ4n) is 7.32. The summed E-state index contributed by atoms with van der Waals surface area (Å²) in [5, 5.41) is 24.7. The number of amides is 2. The van der Waals surface area contributed by atoms with Crippen molar-refractivity contribution in [2.75, 3.05) is 49.5 Å². The lowest BCUT2D eigenvalue weighted by molar-refractivity contribution is 0.0694. The number of carboxylic acid groups (broad SMARTS) is 1. The zero-order chi connectivity index (χ0) is 45.0. The molecule has 1 saturated heterocycles. The summed E-state index contributed by atoms with van der Waals surface area (Å²) in [6.45, 7) is 8.49. The third-order valence-electron chi connectivity index (χ3n) is 10.8. The molecule has 3 heterocycles. The Kier molecular flexibility index (Phi) is 15.2. The number of pyridine rings is 1. The van der Waals surface area contributed by atoms with Crippen molar-refractivity contribution >= 4 is 46.4 Å². The first-order valence-corrected chi connectivity index (χ1v) is 20.8. The van der Waals surface area contributed by atoms with Gasteiger partial charge in [0.05, 0.1) is 29.5 Å². The number of nitrogens with zero attached hydrogens (tertiary/aromatic N) is 7. The summed E-state index contributed by atoms with van der Waals surface area (Å²) in [5.41, 5.74) is 13.7. The summed E-state index contributed by atoms with van der Waals surface area (Å²) in [7, 11) is 0. The Morgan fingerprint density at radius 2 is 1.65 bits per heavy atom. The molecule has 7 N–H and O–H groups in total. The molecule has 2 atom stereocenters. The second-order valence-electron chi connectivity index (χ2n) is 15.5. The number of rotatable bonds is 18. The average Bonchev–Trinajstić information content (AvgIpc) is 3.77. The molecule has 1 aliphatic rings. The van der Waals surface area contributed by atoms with E-state index in [4.69, 9.17) is 20.9 Å². The van der Waals surface area contributed by atoms with Crippen LogP contribution in [-0.4, -0.2) is 93.0 Å². The number of guanidine groups is 1. The number of hydrogen-bond acceptors (Lipinski definition) is 11. The van der Waals surface area contributed by atoms with E-state index in [2.05, 4.69) is 25.9 Å². The van der Waals surface area contributed by atoms with E-state index < -0.39 is 41.0 Å². The average molecular weight is 868 g/mol. The van der Waals surface area contributed by atoms with Crippen LogP contribution in [0.1, 0.15) is 72.9 Å². The summed E-state index contributed by atoms with van der Waals surface area (Å²) < 4.78 is 29.8. The number of carbonyl (C=O) groups excluding carboxylic acids is 2. The van der Waals surface area contributed by atoms with Crippen molar-refractivity contribution in [2.24, 2.45) is 22.4 Å². The third-order valence-corrected chi connectivity index (χ3v) is 10.8. The number of carbonyl (C=O) groups is 3. The number of benzene rings is 3. The minimum atomic E-state index is -1.37. The Bertz CT molecular complexity index is 2450. The van der Waals surface area contributed by atoms with Gasteiger partial charge >= 0.3 is 18.2 Å². The number of anilines is 2. The van der Waals surface area contributed by atoms with Crippen LogP contribution in [-0.2, 0) is 29.2 Å². The van der Waals surface area contributed by atoms with Gasteiger partial charge in [0, 0.05) is 63.1 Å². The van der Waals surface area contributed by atoms with Crippen LogP contribution in [0.25, 0.3) is 10.9 Å². The second kappa shape index (κ2) is 21.1. The number of piperazine rings is 1. The number of aliphatic imine (C=N–C) groups is 1. The van der Waals surface area contributed by atoms with Gasteiger partial charge in [-0.05, 0) is 61.1 Å². The van der Waals surface area contributed by atoms with Crippen molar-refractivity contribution in [1.82, 2.24) is 29.8 Å². The highest BCUT2D eigenvalue weighted by Crippen LogP contribution is 2.27. The maximum Gasteiger partial charge on any atom is 0.410 e. The molecule has 1 aliphatic heterocycles. The molecule has 1 fully saturated rings. The van der Waals surface area contributed by atoms with Gasteiger partial charge in [-0.3, -0.25) is 9.79 Å². The Morgan fingerprint density at radius 3 is 2.32 bits per heavy atom. The van der Waals surface area contributed by atoms with Crippen LogP contribution < -0.4 is 32.4 Å². The van der Waals surface area contributed by atoms with Gasteiger partial charge < -0.3 is 51.0 Å². The lowest BCUT2D eigenvalue weighted by Crippen LogP contribution is -2.49. The van der Waals surface area contributed by atoms with Crippen LogP contribution in [0.5, 0.6) is 0 Å². The zero-order valence-electron chi connectivity index (χ0n) is 35.6. The predicted molar refractivity (Wildman–Crippen MR) is 236 cm³/mol. The van der Waals surface area contributed by atoms with Crippen molar-refractivity contribution < 1.29 is 33.4 Å². The van der Waals surface area contributed by atoms with Crippen molar-refractivity contribution in [3.63, 3.8) is 0 Å². The van der Waals surface area contributed by atoms with E-state index in [0.717, 1.165) is 22.9 Å². The van der Waals surface area contributed by atoms with E-state index >= 15 is 4.39 Å². The molecule has 18 nitrogen and oxygen atoms in total. The van der Waals surface area contributed by atoms with Gasteiger partial charge in [0.1, 0.15) is 30.3 Å². The van der Waals surface area contributed by atoms with Gasteiger partial charge in [-0.1, -0.05) is 61.5 Å². The summed E-state index contributed by atoms with van der Waals surface area (Å²) in [4.78, 5) is 57.6. The van der Waals surface area contributed by atoms with Crippen LogP contribution >= 0.6 is 0 Å². The summed E-state index contributed by atoms with van der Waals surface area (Å²) in [5.74, 6) is -2.00. The fourth-order valence-corrected chi connectivity index (χ4v) is 7.32. The number of aromatic nitrogens is 4. The van der Waals surface area contributed by atoms with Gasteiger partial charge in [-0.25, -0.2) is 23.5 Å². The predicted octanol–water partition coefficient (Wildman–Crippen LogP) is 5.24. The van der Waals surface area contributed by atoms with E-state index in [1.807, 2.05) is 81.6 Å². The first-order chi connectivity index (χ1) is 30.3. The molecule has 3 aromatic carbocycles. The van der Waals surface area contributed by atoms with Crippen molar-refractivity contribution in [1.29, 1.82) is 0 Å².